The molecule has 1 aromatic heterocycles. The van der Waals surface area contributed by atoms with Gasteiger partial charge in [-0.2, -0.15) is 0 Å². The van der Waals surface area contributed by atoms with Crippen molar-refractivity contribution in [2.24, 2.45) is 0 Å². The summed E-state index contributed by atoms with van der Waals surface area (Å²) >= 11 is 7.06. The average Bonchev–Trinajstić information content (AvgIpc) is 2.92. The molecule has 0 saturated heterocycles. The fraction of sp³-hybridized carbons (Fsp3) is 0.0667. The molecule has 3 nitrogen and oxygen atoms in total. The molecule has 0 amide bonds. The van der Waals surface area contributed by atoms with Gasteiger partial charge in [0.15, 0.2) is 0 Å². The topological polar surface area (TPSA) is 37.8 Å². The minimum atomic E-state index is -0.363. The largest absolute Gasteiger partial charge is 0.379 e. The number of nitrogens with zero attached hydrogens (tertiary/aromatic N) is 2. The van der Waals surface area contributed by atoms with Crippen LogP contribution in [0.4, 0.5) is 14.5 Å². The maximum absolute atomic E-state index is 13.5. The second kappa shape index (κ2) is 6.37. The first-order valence-electron chi connectivity index (χ1n) is 6.39. The number of nitrogens with one attached hydrogen (secondary N) is 1. The molecule has 22 heavy (non-hydrogen) atoms. The van der Waals surface area contributed by atoms with E-state index in [4.69, 9.17) is 11.6 Å². The van der Waals surface area contributed by atoms with Crippen LogP contribution < -0.4 is 5.32 Å². The standard InChI is InChI=1S/C15H10ClF2N3S/c16-15-14(20-21-22-15)8-19-13-6-5-11(18)7-12(13)9-1-3-10(17)4-2-9/h1-7,19H,8H2. The van der Waals surface area contributed by atoms with E-state index in [2.05, 4.69) is 14.9 Å². The minimum absolute atomic E-state index is 0.338. The molecule has 7 heteroatoms. The third-order valence-electron chi connectivity index (χ3n) is 3.09. The Labute approximate surface area is 134 Å². The summed E-state index contributed by atoms with van der Waals surface area (Å²) in [5, 5.41) is 7.07. The highest BCUT2D eigenvalue weighted by Gasteiger charge is 2.10. The quantitative estimate of drug-likeness (QED) is 0.746. The van der Waals surface area contributed by atoms with Gasteiger partial charge in [-0.3, -0.25) is 0 Å². The van der Waals surface area contributed by atoms with Crippen LogP contribution in [0.1, 0.15) is 5.69 Å². The Hall–Kier alpha value is -2.05. The first kappa shape index (κ1) is 14.9. The molecular formula is C15H10ClF2N3S. The third kappa shape index (κ3) is 3.23. The van der Waals surface area contributed by atoms with Crippen LogP contribution in [0, 0.1) is 11.6 Å². The lowest BCUT2D eigenvalue weighted by atomic mass is 10.0. The molecule has 0 aliphatic heterocycles. The first-order valence-corrected chi connectivity index (χ1v) is 7.55. The van der Waals surface area contributed by atoms with E-state index in [9.17, 15) is 8.78 Å². The van der Waals surface area contributed by atoms with Gasteiger partial charge in [-0.1, -0.05) is 28.2 Å². The van der Waals surface area contributed by atoms with Crippen molar-refractivity contribution in [2.75, 3.05) is 5.32 Å². The van der Waals surface area contributed by atoms with Gasteiger partial charge < -0.3 is 5.32 Å². The van der Waals surface area contributed by atoms with Crippen LogP contribution in [-0.2, 0) is 6.54 Å². The minimum Gasteiger partial charge on any atom is -0.379 e. The third-order valence-corrected chi connectivity index (χ3v) is 4.08. The monoisotopic (exact) mass is 337 g/mol. The van der Waals surface area contributed by atoms with Gasteiger partial charge in [0, 0.05) is 22.8 Å². The molecule has 1 N–H and O–H groups in total. The number of aromatic nitrogens is 2. The Kier molecular flexibility index (Phi) is 4.31. The molecule has 0 unspecified atom stereocenters. The van der Waals surface area contributed by atoms with E-state index in [1.807, 2.05) is 0 Å². The van der Waals surface area contributed by atoms with Gasteiger partial charge in [0.1, 0.15) is 21.7 Å². The summed E-state index contributed by atoms with van der Waals surface area (Å²) < 4.78 is 30.9. The van der Waals surface area contributed by atoms with Crippen LogP contribution in [0.15, 0.2) is 42.5 Å². The first-order chi connectivity index (χ1) is 10.6. The molecule has 0 atom stereocenters. The zero-order valence-electron chi connectivity index (χ0n) is 11.2. The number of halogens is 3. The number of benzene rings is 2. The van der Waals surface area contributed by atoms with Gasteiger partial charge in [0.2, 0.25) is 0 Å². The van der Waals surface area contributed by atoms with Gasteiger partial charge in [0.05, 0.1) is 6.54 Å². The highest BCUT2D eigenvalue weighted by atomic mass is 35.5. The van der Waals surface area contributed by atoms with Crippen LogP contribution in [-0.4, -0.2) is 9.59 Å². The van der Waals surface area contributed by atoms with Crippen molar-refractivity contribution in [3.63, 3.8) is 0 Å². The molecule has 0 aliphatic rings. The molecule has 2 aromatic carbocycles. The summed E-state index contributed by atoms with van der Waals surface area (Å²) in [5.41, 5.74) is 2.68. The highest BCUT2D eigenvalue weighted by molar-refractivity contribution is 7.10. The van der Waals surface area contributed by atoms with Crippen molar-refractivity contribution >= 4 is 28.8 Å². The summed E-state index contributed by atoms with van der Waals surface area (Å²) in [4.78, 5) is 0. The molecule has 0 aliphatic carbocycles. The van der Waals surface area contributed by atoms with Crippen molar-refractivity contribution in [1.82, 2.24) is 9.59 Å². The molecule has 0 bridgehead atoms. The Morgan fingerprint density at radius 3 is 2.45 bits per heavy atom. The van der Waals surface area contributed by atoms with Gasteiger partial charge in [-0.15, -0.1) is 5.10 Å². The Morgan fingerprint density at radius 2 is 1.77 bits per heavy atom. The summed E-state index contributed by atoms with van der Waals surface area (Å²) in [7, 11) is 0. The van der Waals surface area contributed by atoms with E-state index < -0.39 is 0 Å². The van der Waals surface area contributed by atoms with Crippen LogP contribution in [0.3, 0.4) is 0 Å². The highest BCUT2D eigenvalue weighted by Crippen LogP contribution is 2.30. The van der Waals surface area contributed by atoms with Gasteiger partial charge in [-0.25, -0.2) is 8.78 Å². The van der Waals surface area contributed by atoms with Crippen LogP contribution in [0.25, 0.3) is 11.1 Å². The zero-order valence-corrected chi connectivity index (χ0v) is 12.8. The van der Waals surface area contributed by atoms with Crippen molar-refractivity contribution in [1.29, 1.82) is 0 Å². The predicted molar refractivity (Wildman–Crippen MR) is 84.0 cm³/mol. The number of anilines is 1. The molecule has 3 aromatic rings. The molecule has 112 valence electrons. The van der Waals surface area contributed by atoms with E-state index in [1.54, 1.807) is 18.2 Å². The molecule has 0 saturated carbocycles. The summed E-state index contributed by atoms with van der Waals surface area (Å²) in [5.74, 6) is -0.701. The van der Waals surface area contributed by atoms with Crippen molar-refractivity contribution < 1.29 is 8.78 Å². The maximum Gasteiger partial charge on any atom is 0.139 e. The summed E-state index contributed by atoms with van der Waals surface area (Å²) in [6.45, 7) is 0.370. The number of rotatable bonds is 4. The lowest BCUT2D eigenvalue weighted by Crippen LogP contribution is -2.02. The van der Waals surface area contributed by atoms with Crippen LogP contribution >= 0.6 is 23.1 Å². The van der Waals surface area contributed by atoms with E-state index >= 15 is 0 Å². The van der Waals surface area contributed by atoms with E-state index in [-0.39, 0.29) is 11.6 Å². The van der Waals surface area contributed by atoms with Crippen molar-refractivity contribution in [2.45, 2.75) is 6.54 Å². The normalized spacial score (nSPS) is 10.7. The molecule has 0 radical (unpaired) electrons. The van der Waals surface area contributed by atoms with Gasteiger partial charge >= 0.3 is 0 Å². The van der Waals surface area contributed by atoms with Gasteiger partial charge in [0.25, 0.3) is 0 Å². The maximum atomic E-state index is 13.5. The van der Waals surface area contributed by atoms with Crippen molar-refractivity contribution in [3.8, 4) is 11.1 Å². The second-order valence-corrected chi connectivity index (χ2v) is 5.90. The number of hydrogen-bond donors (Lipinski definition) is 1. The second-order valence-electron chi connectivity index (χ2n) is 4.54. The van der Waals surface area contributed by atoms with E-state index in [0.717, 1.165) is 11.5 Å². The fourth-order valence-corrected chi connectivity index (χ4v) is 2.65. The molecular weight excluding hydrogens is 328 g/mol. The van der Waals surface area contributed by atoms with Crippen LogP contribution in [0.2, 0.25) is 4.34 Å². The zero-order chi connectivity index (χ0) is 15.5. The summed E-state index contributed by atoms with van der Waals surface area (Å²) in [6, 6.07) is 10.3. The smallest absolute Gasteiger partial charge is 0.139 e. The van der Waals surface area contributed by atoms with E-state index in [0.29, 0.717) is 33.4 Å². The Morgan fingerprint density at radius 1 is 1.05 bits per heavy atom. The Bertz CT molecular complexity index is 790. The van der Waals surface area contributed by atoms with E-state index in [1.165, 1.54) is 24.3 Å². The lowest BCUT2D eigenvalue weighted by Gasteiger charge is -2.12. The van der Waals surface area contributed by atoms with Gasteiger partial charge in [-0.05, 0) is 35.9 Å². The van der Waals surface area contributed by atoms with Crippen molar-refractivity contribution in [3.05, 3.63) is 64.1 Å². The SMILES string of the molecule is Fc1ccc(-c2cc(F)ccc2NCc2nnsc2Cl)cc1. The van der Waals surface area contributed by atoms with Crippen LogP contribution in [0.5, 0.6) is 0 Å². The predicted octanol–water partition coefficient (Wildman–Crippen LogP) is 4.75. The lowest BCUT2D eigenvalue weighted by molar-refractivity contribution is 0.627. The number of hydrogen-bond acceptors (Lipinski definition) is 4. The molecule has 0 fully saturated rings. The fourth-order valence-electron chi connectivity index (χ4n) is 2.02. The molecule has 0 spiro atoms. The Balaban J connectivity index is 1.90. The molecule has 3 rings (SSSR count). The molecule has 1 heterocycles. The summed E-state index contributed by atoms with van der Waals surface area (Å²) in [6.07, 6.45) is 0. The average molecular weight is 338 g/mol.